The Kier molecular flexibility index (Phi) is 3.85. The molecule has 0 radical (unpaired) electrons. The number of benzene rings is 2. The normalized spacial score (nSPS) is 11.6. The fourth-order valence-corrected chi connectivity index (χ4v) is 1.98. The Morgan fingerprint density at radius 2 is 1.79 bits per heavy atom. The summed E-state index contributed by atoms with van der Waals surface area (Å²) in [6.45, 7) is 1.97. The predicted molar refractivity (Wildman–Crippen MR) is 74.3 cm³/mol. The van der Waals surface area contributed by atoms with Crippen LogP contribution in [0.1, 0.15) is 24.5 Å². The molecule has 19 heavy (non-hydrogen) atoms. The zero-order valence-corrected chi connectivity index (χ0v) is 10.6. The summed E-state index contributed by atoms with van der Waals surface area (Å²) in [5, 5.41) is 18.9. The molecule has 3 heteroatoms. The quantitative estimate of drug-likeness (QED) is 0.810. The zero-order valence-electron chi connectivity index (χ0n) is 10.6. The molecule has 0 spiro atoms. The molecule has 0 aromatic heterocycles. The second-order valence-corrected chi connectivity index (χ2v) is 4.32. The van der Waals surface area contributed by atoms with Crippen LogP contribution in [0.15, 0.2) is 42.5 Å². The lowest BCUT2D eigenvalue weighted by atomic mass is 10.0. The summed E-state index contributed by atoms with van der Waals surface area (Å²) in [5.41, 5.74) is 2.41. The Labute approximate surface area is 111 Å². The Balaban J connectivity index is 2.43. The number of hydrogen-bond acceptors (Lipinski definition) is 2. The van der Waals surface area contributed by atoms with E-state index < -0.39 is 0 Å². The van der Waals surface area contributed by atoms with Gasteiger partial charge in [0, 0.05) is 6.07 Å². The van der Waals surface area contributed by atoms with Gasteiger partial charge in [-0.2, -0.15) is 0 Å². The summed E-state index contributed by atoms with van der Waals surface area (Å²) in [4.78, 5) is 0. The molecule has 0 atom stereocenters. The van der Waals surface area contributed by atoms with Gasteiger partial charge >= 0.3 is 0 Å². The standard InChI is InChI=1S/C16H15FO2/c1-2-12(13-4-3-5-14(17)9-13)6-11-7-15(18)10-16(19)8-11/h3-10,18-19H,2H2,1H3/b12-6+. The van der Waals surface area contributed by atoms with Crippen molar-refractivity contribution >= 4 is 11.6 Å². The minimum atomic E-state index is -0.282. The van der Waals surface area contributed by atoms with Gasteiger partial charge in [0.15, 0.2) is 0 Å². The molecule has 0 aliphatic heterocycles. The highest BCUT2D eigenvalue weighted by molar-refractivity contribution is 5.81. The first-order valence-corrected chi connectivity index (χ1v) is 6.08. The van der Waals surface area contributed by atoms with Crippen LogP contribution in [0.2, 0.25) is 0 Å². The molecule has 0 aliphatic carbocycles. The van der Waals surface area contributed by atoms with Crippen molar-refractivity contribution in [3.05, 3.63) is 59.4 Å². The van der Waals surface area contributed by atoms with Crippen molar-refractivity contribution in [2.75, 3.05) is 0 Å². The molecule has 0 heterocycles. The van der Waals surface area contributed by atoms with E-state index in [0.29, 0.717) is 5.56 Å². The van der Waals surface area contributed by atoms with Crippen molar-refractivity contribution in [2.45, 2.75) is 13.3 Å². The Hall–Kier alpha value is -2.29. The fraction of sp³-hybridized carbons (Fsp3) is 0.125. The van der Waals surface area contributed by atoms with Crippen LogP contribution in [0, 0.1) is 5.82 Å². The number of halogens is 1. The summed E-state index contributed by atoms with van der Waals surface area (Å²) in [6.07, 6.45) is 2.55. The monoisotopic (exact) mass is 258 g/mol. The molecule has 0 saturated carbocycles. The molecular formula is C16H15FO2. The number of phenolic OH excluding ortho intramolecular Hbond substituents is 2. The van der Waals surface area contributed by atoms with Crippen LogP contribution < -0.4 is 0 Å². The van der Waals surface area contributed by atoms with Crippen LogP contribution in [0.25, 0.3) is 11.6 Å². The number of rotatable bonds is 3. The predicted octanol–water partition coefficient (Wildman–Crippen LogP) is 4.19. The molecular weight excluding hydrogens is 243 g/mol. The average molecular weight is 258 g/mol. The van der Waals surface area contributed by atoms with E-state index in [1.165, 1.54) is 18.2 Å². The lowest BCUT2D eigenvalue weighted by Crippen LogP contribution is -1.85. The lowest BCUT2D eigenvalue weighted by molar-refractivity contribution is 0.450. The molecule has 0 aliphatic rings. The van der Waals surface area contributed by atoms with E-state index in [-0.39, 0.29) is 17.3 Å². The van der Waals surface area contributed by atoms with E-state index in [9.17, 15) is 14.6 Å². The van der Waals surface area contributed by atoms with Crippen molar-refractivity contribution < 1.29 is 14.6 Å². The van der Waals surface area contributed by atoms with E-state index >= 15 is 0 Å². The molecule has 0 amide bonds. The van der Waals surface area contributed by atoms with Gasteiger partial charge in [-0.3, -0.25) is 0 Å². The average Bonchev–Trinajstić information content (AvgIpc) is 2.34. The van der Waals surface area contributed by atoms with Crippen molar-refractivity contribution in [3.63, 3.8) is 0 Å². The van der Waals surface area contributed by atoms with Gasteiger partial charge in [-0.25, -0.2) is 4.39 Å². The summed E-state index contributed by atoms with van der Waals surface area (Å²) in [6, 6.07) is 10.7. The van der Waals surface area contributed by atoms with Gasteiger partial charge in [0.1, 0.15) is 17.3 Å². The maximum absolute atomic E-state index is 13.2. The highest BCUT2D eigenvalue weighted by Crippen LogP contribution is 2.26. The lowest BCUT2D eigenvalue weighted by Gasteiger charge is -2.06. The van der Waals surface area contributed by atoms with Gasteiger partial charge in [-0.15, -0.1) is 0 Å². The van der Waals surface area contributed by atoms with E-state index in [1.54, 1.807) is 18.2 Å². The summed E-state index contributed by atoms with van der Waals surface area (Å²) < 4.78 is 13.2. The van der Waals surface area contributed by atoms with Crippen LogP contribution in [0.4, 0.5) is 4.39 Å². The first kappa shape index (κ1) is 13.1. The third kappa shape index (κ3) is 3.35. The van der Waals surface area contributed by atoms with Crippen molar-refractivity contribution in [1.29, 1.82) is 0 Å². The van der Waals surface area contributed by atoms with Gasteiger partial charge in [-0.05, 0) is 47.4 Å². The Morgan fingerprint density at radius 1 is 1.11 bits per heavy atom. The highest BCUT2D eigenvalue weighted by Gasteiger charge is 2.03. The third-order valence-electron chi connectivity index (χ3n) is 2.84. The van der Waals surface area contributed by atoms with Gasteiger partial charge in [0.05, 0.1) is 0 Å². The van der Waals surface area contributed by atoms with E-state index in [0.717, 1.165) is 17.6 Å². The number of aromatic hydroxyl groups is 2. The third-order valence-corrected chi connectivity index (χ3v) is 2.84. The van der Waals surface area contributed by atoms with Crippen LogP contribution in [0.3, 0.4) is 0 Å². The topological polar surface area (TPSA) is 40.5 Å². The van der Waals surface area contributed by atoms with Crippen molar-refractivity contribution in [3.8, 4) is 11.5 Å². The largest absolute Gasteiger partial charge is 0.508 e. The molecule has 2 nitrogen and oxygen atoms in total. The van der Waals surface area contributed by atoms with Crippen LogP contribution in [0.5, 0.6) is 11.5 Å². The SMILES string of the molecule is CC/C(=C\c1cc(O)cc(O)c1)c1cccc(F)c1. The van der Waals surface area contributed by atoms with Crippen LogP contribution in [-0.4, -0.2) is 10.2 Å². The number of hydrogen-bond donors (Lipinski definition) is 2. The van der Waals surface area contributed by atoms with E-state index in [1.807, 2.05) is 19.1 Å². The first-order chi connectivity index (χ1) is 9.08. The second kappa shape index (κ2) is 5.57. The number of phenols is 2. The summed E-state index contributed by atoms with van der Waals surface area (Å²) >= 11 is 0. The summed E-state index contributed by atoms with van der Waals surface area (Å²) in [5.74, 6) is -0.280. The maximum atomic E-state index is 13.2. The van der Waals surface area contributed by atoms with Crippen LogP contribution in [-0.2, 0) is 0 Å². The van der Waals surface area contributed by atoms with Gasteiger partial charge in [0.2, 0.25) is 0 Å². The van der Waals surface area contributed by atoms with Gasteiger partial charge in [0.25, 0.3) is 0 Å². The number of allylic oxidation sites excluding steroid dienone is 1. The highest BCUT2D eigenvalue weighted by atomic mass is 19.1. The minimum Gasteiger partial charge on any atom is -0.508 e. The molecule has 2 N–H and O–H groups in total. The fourth-order valence-electron chi connectivity index (χ4n) is 1.98. The molecule has 2 rings (SSSR count). The smallest absolute Gasteiger partial charge is 0.123 e. The molecule has 0 saturated heterocycles. The van der Waals surface area contributed by atoms with Crippen LogP contribution >= 0.6 is 0 Å². The maximum Gasteiger partial charge on any atom is 0.123 e. The zero-order chi connectivity index (χ0) is 13.8. The molecule has 0 bridgehead atoms. The van der Waals surface area contributed by atoms with E-state index in [4.69, 9.17) is 0 Å². The minimum absolute atomic E-state index is 0.000875. The Bertz CT molecular complexity index is 598. The van der Waals surface area contributed by atoms with E-state index in [2.05, 4.69) is 0 Å². The Morgan fingerprint density at radius 3 is 2.37 bits per heavy atom. The second-order valence-electron chi connectivity index (χ2n) is 4.32. The van der Waals surface area contributed by atoms with Crippen molar-refractivity contribution in [2.24, 2.45) is 0 Å². The molecule has 98 valence electrons. The molecule has 0 unspecified atom stereocenters. The molecule has 2 aromatic carbocycles. The van der Waals surface area contributed by atoms with Gasteiger partial charge < -0.3 is 10.2 Å². The van der Waals surface area contributed by atoms with Crippen molar-refractivity contribution in [1.82, 2.24) is 0 Å². The first-order valence-electron chi connectivity index (χ1n) is 6.08. The summed E-state index contributed by atoms with van der Waals surface area (Å²) in [7, 11) is 0. The molecule has 0 fully saturated rings. The molecule has 2 aromatic rings. The van der Waals surface area contributed by atoms with Gasteiger partial charge in [-0.1, -0.05) is 25.1 Å².